The van der Waals surface area contributed by atoms with Crippen molar-refractivity contribution in [2.24, 2.45) is 11.8 Å². The third kappa shape index (κ3) is 1.74. The quantitative estimate of drug-likeness (QED) is 0.841. The third-order valence-corrected chi connectivity index (χ3v) is 5.29. The fraction of sp³-hybridized carbons (Fsp3) is 0.625. The van der Waals surface area contributed by atoms with Crippen LogP contribution in [-0.2, 0) is 5.41 Å². The number of phenolic OH excluding ortho intramolecular Hbond substituents is 1. The SMILES string of the molecule is OC[C@H]1[C@H]2CCC[C@]1(c1cccc(O)c1)CCC2. The maximum Gasteiger partial charge on any atom is 0.115 e. The number of aliphatic hydroxyl groups excluding tert-OH is 1. The molecule has 1 aromatic rings. The molecule has 2 N–H and O–H groups in total. The second-order valence-corrected chi connectivity index (χ2v) is 6.04. The number of fused-ring (bicyclic) bond motifs is 2. The molecule has 2 saturated carbocycles. The van der Waals surface area contributed by atoms with Crippen LogP contribution in [0, 0.1) is 11.8 Å². The zero-order chi connectivity index (χ0) is 12.6. The zero-order valence-electron chi connectivity index (χ0n) is 10.8. The van der Waals surface area contributed by atoms with Crippen LogP contribution in [-0.4, -0.2) is 16.8 Å². The van der Waals surface area contributed by atoms with Crippen LogP contribution >= 0.6 is 0 Å². The summed E-state index contributed by atoms with van der Waals surface area (Å²) in [6.45, 7) is 0.292. The van der Waals surface area contributed by atoms with Gasteiger partial charge in [0.25, 0.3) is 0 Å². The first-order valence-electron chi connectivity index (χ1n) is 7.17. The van der Waals surface area contributed by atoms with Crippen molar-refractivity contribution in [3.05, 3.63) is 29.8 Å². The lowest BCUT2D eigenvalue weighted by Gasteiger charge is -2.52. The minimum Gasteiger partial charge on any atom is -0.508 e. The Morgan fingerprint density at radius 3 is 2.50 bits per heavy atom. The first-order chi connectivity index (χ1) is 8.76. The predicted molar refractivity (Wildman–Crippen MR) is 71.6 cm³/mol. The monoisotopic (exact) mass is 246 g/mol. The Balaban J connectivity index is 2.04. The average molecular weight is 246 g/mol. The molecule has 1 atom stereocenters. The van der Waals surface area contributed by atoms with Crippen LogP contribution in [0.15, 0.2) is 24.3 Å². The van der Waals surface area contributed by atoms with Crippen molar-refractivity contribution in [1.82, 2.24) is 0 Å². The van der Waals surface area contributed by atoms with Crippen molar-refractivity contribution in [1.29, 1.82) is 0 Å². The molecule has 0 saturated heterocycles. The van der Waals surface area contributed by atoms with E-state index in [0.717, 1.165) is 12.8 Å². The van der Waals surface area contributed by atoms with Gasteiger partial charge in [-0.3, -0.25) is 0 Å². The van der Waals surface area contributed by atoms with Gasteiger partial charge in [-0.2, -0.15) is 0 Å². The Labute approximate surface area is 109 Å². The van der Waals surface area contributed by atoms with E-state index in [1.165, 1.54) is 31.2 Å². The van der Waals surface area contributed by atoms with Crippen molar-refractivity contribution in [2.45, 2.75) is 43.9 Å². The van der Waals surface area contributed by atoms with Crippen LogP contribution in [0.5, 0.6) is 5.75 Å². The van der Waals surface area contributed by atoms with Gasteiger partial charge in [0, 0.05) is 12.0 Å². The lowest BCUT2D eigenvalue weighted by atomic mass is 9.53. The molecule has 2 aliphatic carbocycles. The summed E-state index contributed by atoms with van der Waals surface area (Å²) in [6.07, 6.45) is 7.39. The van der Waals surface area contributed by atoms with E-state index in [1.807, 2.05) is 12.1 Å². The Morgan fingerprint density at radius 2 is 1.89 bits per heavy atom. The molecule has 2 heteroatoms. The molecule has 0 amide bonds. The van der Waals surface area contributed by atoms with Gasteiger partial charge in [-0.25, -0.2) is 0 Å². The molecule has 2 fully saturated rings. The number of benzene rings is 1. The molecule has 2 aliphatic rings. The Kier molecular flexibility index (Phi) is 3.06. The largest absolute Gasteiger partial charge is 0.508 e. The molecular formula is C16H22O2. The van der Waals surface area contributed by atoms with Gasteiger partial charge in [0.05, 0.1) is 0 Å². The molecule has 1 aromatic carbocycles. The first kappa shape index (κ1) is 12.0. The van der Waals surface area contributed by atoms with Gasteiger partial charge in [-0.05, 0) is 42.4 Å². The number of rotatable bonds is 2. The molecule has 98 valence electrons. The number of phenols is 1. The van der Waals surface area contributed by atoms with Crippen molar-refractivity contribution < 1.29 is 10.2 Å². The standard InChI is InChI=1S/C16H22O2/c17-11-15-12-4-2-8-16(15,9-3-5-12)13-6-1-7-14(18)10-13/h1,6-7,10,12,15,17-18H,2-5,8-9,11H2/t12-,15-,16+/m0/s1. The molecule has 2 bridgehead atoms. The highest BCUT2D eigenvalue weighted by Gasteiger charge is 2.48. The molecule has 0 unspecified atom stereocenters. The Hall–Kier alpha value is -1.02. The summed E-state index contributed by atoms with van der Waals surface area (Å²) in [5.74, 6) is 1.42. The highest BCUT2D eigenvalue weighted by atomic mass is 16.3. The summed E-state index contributed by atoms with van der Waals surface area (Å²) in [5, 5.41) is 19.6. The zero-order valence-corrected chi connectivity index (χ0v) is 10.8. The summed E-state index contributed by atoms with van der Waals surface area (Å²) in [7, 11) is 0. The number of hydrogen-bond acceptors (Lipinski definition) is 2. The van der Waals surface area contributed by atoms with Gasteiger partial charge in [0.2, 0.25) is 0 Å². The minimum absolute atomic E-state index is 0.120. The third-order valence-electron chi connectivity index (χ3n) is 5.29. The van der Waals surface area contributed by atoms with Gasteiger partial charge in [-0.15, -0.1) is 0 Å². The Morgan fingerprint density at radius 1 is 1.17 bits per heavy atom. The molecule has 0 radical (unpaired) electrons. The second-order valence-electron chi connectivity index (χ2n) is 6.04. The average Bonchev–Trinajstić information content (AvgIpc) is 2.37. The van der Waals surface area contributed by atoms with Gasteiger partial charge < -0.3 is 10.2 Å². The maximum atomic E-state index is 9.83. The van der Waals surface area contributed by atoms with E-state index in [0.29, 0.717) is 24.2 Å². The van der Waals surface area contributed by atoms with Crippen molar-refractivity contribution >= 4 is 0 Å². The van der Waals surface area contributed by atoms with Crippen LogP contribution in [0.25, 0.3) is 0 Å². The number of aromatic hydroxyl groups is 1. The lowest BCUT2D eigenvalue weighted by molar-refractivity contribution is 0.0139. The molecule has 3 rings (SSSR count). The smallest absolute Gasteiger partial charge is 0.115 e. The summed E-state index contributed by atoms with van der Waals surface area (Å²) < 4.78 is 0. The van der Waals surface area contributed by atoms with Crippen LogP contribution in [0.2, 0.25) is 0 Å². The fourth-order valence-corrected chi connectivity index (χ4v) is 4.50. The van der Waals surface area contributed by atoms with Crippen LogP contribution in [0.1, 0.15) is 44.1 Å². The van der Waals surface area contributed by atoms with Crippen LogP contribution < -0.4 is 0 Å². The summed E-state index contributed by atoms with van der Waals surface area (Å²) >= 11 is 0. The summed E-state index contributed by atoms with van der Waals surface area (Å²) in [6, 6.07) is 7.72. The van der Waals surface area contributed by atoms with Crippen LogP contribution in [0.3, 0.4) is 0 Å². The Bertz CT molecular complexity index is 417. The highest BCUT2D eigenvalue weighted by Crippen LogP contribution is 2.54. The van der Waals surface area contributed by atoms with Crippen molar-refractivity contribution in [3.8, 4) is 5.75 Å². The van der Waals surface area contributed by atoms with Crippen molar-refractivity contribution in [3.63, 3.8) is 0 Å². The van der Waals surface area contributed by atoms with E-state index in [1.54, 1.807) is 6.07 Å². The van der Waals surface area contributed by atoms with E-state index < -0.39 is 0 Å². The highest BCUT2D eigenvalue weighted by molar-refractivity contribution is 5.35. The summed E-state index contributed by atoms with van der Waals surface area (Å²) in [5.41, 5.74) is 1.36. The normalized spacial score (nSPS) is 35.4. The molecule has 18 heavy (non-hydrogen) atoms. The molecule has 0 aromatic heterocycles. The molecular weight excluding hydrogens is 224 g/mol. The molecule has 2 nitrogen and oxygen atoms in total. The first-order valence-corrected chi connectivity index (χ1v) is 7.17. The van der Waals surface area contributed by atoms with E-state index in [4.69, 9.17) is 0 Å². The van der Waals surface area contributed by atoms with E-state index >= 15 is 0 Å². The predicted octanol–water partition coefficient (Wildman–Crippen LogP) is 3.22. The second kappa shape index (κ2) is 4.58. The van der Waals surface area contributed by atoms with Gasteiger partial charge >= 0.3 is 0 Å². The fourth-order valence-electron chi connectivity index (χ4n) is 4.50. The van der Waals surface area contributed by atoms with E-state index in [2.05, 4.69) is 6.07 Å². The van der Waals surface area contributed by atoms with Gasteiger partial charge in [-0.1, -0.05) is 37.8 Å². The lowest BCUT2D eigenvalue weighted by Crippen LogP contribution is -2.47. The molecule has 0 spiro atoms. The summed E-state index contributed by atoms with van der Waals surface area (Å²) in [4.78, 5) is 0. The van der Waals surface area contributed by atoms with Crippen LogP contribution in [0.4, 0.5) is 0 Å². The van der Waals surface area contributed by atoms with Gasteiger partial charge in [0.15, 0.2) is 0 Å². The topological polar surface area (TPSA) is 40.5 Å². The number of hydrogen-bond donors (Lipinski definition) is 2. The molecule has 0 heterocycles. The van der Waals surface area contributed by atoms with E-state index in [-0.39, 0.29) is 5.41 Å². The molecule has 0 aliphatic heterocycles. The van der Waals surface area contributed by atoms with E-state index in [9.17, 15) is 10.2 Å². The minimum atomic E-state index is 0.120. The van der Waals surface area contributed by atoms with Crippen molar-refractivity contribution in [2.75, 3.05) is 6.61 Å². The number of aliphatic hydroxyl groups is 1. The van der Waals surface area contributed by atoms with Gasteiger partial charge in [0.1, 0.15) is 5.75 Å². The maximum absolute atomic E-state index is 9.83.